The Morgan fingerprint density at radius 3 is 2.67 bits per heavy atom. The van der Waals surface area contributed by atoms with E-state index in [0.717, 1.165) is 0 Å². The molecular formula is C9H16N4O2. The van der Waals surface area contributed by atoms with Gasteiger partial charge in [0.2, 0.25) is 0 Å². The van der Waals surface area contributed by atoms with Crippen LogP contribution in [0.25, 0.3) is 0 Å². The van der Waals surface area contributed by atoms with Gasteiger partial charge in [0.05, 0.1) is 31.1 Å². The van der Waals surface area contributed by atoms with E-state index in [4.69, 9.17) is 5.73 Å². The van der Waals surface area contributed by atoms with Crippen LogP contribution < -0.4 is 5.73 Å². The zero-order valence-electron chi connectivity index (χ0n) is 8.71. The summed E-state index contributed by atoms with van der Waals surface area (Å²) in [5, 5.41) is 17.4. The second-order valence-electron chi connectivity index (χ2n) is 3.56. The normalized spacial score (nSPS) is 14.9. The molecule has 0 saturated heterocycles. The van der Waals surface area contributed by atoms with Crippen LogP contribution in [0.15, 0.2) is 12.4 Å². The van der Waals surface area contributed by atoms with E-state index in [1.807, 2.05) is 0 Å². The molecule has 0 amide bonds. The lowest BCUT2D eigenvalue weighted by molar-refractivity contribution is -0.117. The molecule has 0 fully saturated rings. The molecule has 0 unspecified atom stereocenters. The lowest BCUT2D eigenvalue weighted by Gasteiger charge is -2.17. The molecule has 6 nitrogen and oxygen atoms in total. The average Bonchev–Trinajstić information content (AvgIpc) is 2.66. The number of aliphatic hydroxyl groups is 1. The third-order valence-corrected chi connectivity index (χ3v) is 2.13. The van der Waals surface area contributed by atoms with Gasteiger partial charge in [-0.05, 0) is 13.3 Å². The summed E-state index contributed by atoms with van der Waals surface area (Å²) < 4.78 is 0. The van der Waals surface area contributed by atoms with Crippen molar-refractivity contribution in [2.75, 3.05) is 0 Å². The van der Waals surface area contributed by atoms with Crippen molar-refractivity contribution in [1.29, 1.82) is 0 Å². The van der Waals surface area contributed by atoms with Gasteiger partial charge in [0.1, 0.15) is 5.78 Å². The van der Waals surface area contributed by atoms with Crippen molar-refractivity contribution in [3.05, 3.63) is 12.4 Å². The molecule has 6 heteroatoms. The van der Waals surface area contributed by atoms with Crippen LogP contribution >= 0.6 is 0 Å². The molecule has 0 aliphatic heterocycles. The van der Waals surface area contributed by atoms with E-state index in [1.54, 1.807) is 12.4 Å². The van der Waals surface area contributed by atoms with Crippen LogP contribution in [0.2, 0.25) is 0 Å². The highest BCUT2D eigenvalue weighted by Gasteiger charge is 2.16. The van der Waals surface area contributed by atoms with Crippen molar-refractivity contribution in [2.45, 2.75) is 38.5 Å². The molecule has 0 bridgehead atoms. The van der Waals surface area contributed by atoms with Gasteiger partial charge in [0, 0.05) is 6.42 Å². The number of carbonyl (C=O) groups is 1. The topological polar surface area (TPSA) is 94.0 Å². The van der Waals surface area contributed by atoms with Crippen LogP contribution in [0, 0.1) is 0 Å². The number of rotatable bonds is 6. The van der Waals surface area contributed by atoms with Crippen molar-refractivity contribution in [3.63, 3.8) is 0 Å². The van der Waals surface area contributed by atoms with E-state index in [-0.39, 0.29) is 5.78 Å². The van der Waals surface area contributed by atoms with E-state index in [1.165, 1.54) is 11.7 Å². The summed E-state index contributed by atoms with van der Waals surface area (Å²) in [6, 6.07) is -0.447. The Morgan fingerprint density at radius 2 is 2.13 bits per heavy atom. The molecule has 1 aromatic heterocycles. The van der Waals surface area contributed by atoms with Gasteiger partial charge in [-0.25, -0.2) is 0 Å². The predicted octanol–water partition coefficient (Wildman–Crippen LogP) is -0.664. The van der Waals surface area contributed by atoms with Crippen molar-refractivity contribution in [1.82, 2.24) is 15.0 Å². The van der Waals surface area contributed by atoms with Crippen molar-refractivity contribution in [3.8, 4) is 0 Å². The van der Waals surface area contributed by atoms with Gasteiger partial charge < -0.3 is 15.6 Å². The van der Waals surface area contributed by atoms with Crippen LogP contribution in [-0.2, 0) is 11.3 Å². The van der Waals surface area contributed by atoms with Gasteiger partial charge >= 0.3 is 0 Å². The first kappa shape index (κ1) is 11.8. The Hall–Kier alpha value is -1.27. The van der Waals surface area contributed by atoms with Gasteiger partial charge in [-0.1, -0.05) is 0 Å². The predicted molar refractivity (Wildman–Crippen MR) is 53.9 cm³/mol. The van der Waals surface area contributed by atoms with Crippen molar-refractivity contribution < 1.29 is 9.90 Å². The number of hydrogen-bond donors (Lipinski definition) is 2. The summed E-state index contributed by atoms with van der Waals surface area (Å²) in [7, 11) is 0. The van der Waals surface area contributed by atoms with Crippen LogP contribution in [0.1, 0.15) is 19.8 Å². The Kier molecular flexibility index (Phi) is 4.38. The van der Waals surface area contributed by atoms with E-state index in [0.29, 0.717) is 19.4 Å². The van der Waals surface area contributed by atoms with Gasteiger partial charge in [-0.2, -0.15) is 15.0 Å². The summed E-state index contributed by atoms with van der Waals surface area (Å²) in [5.41, 5.74) is 5.73. The fourth-order valence-corrected chi connectivity index (χ4v) is 1.21. The smallest absolute Gasteiger partial charge is 0.129 e. The molecule has 84 valence electrons. The SMILES string of the molecule is CC(=O)CC[C@@H](O)[C@H](N)Cn1nccn1. The number of nitrogens with zero attached hydrogens (tertiary/aromatic N) is 3. The molecule has 2 atom stereocenters. The molecule has 1 heterocycles. The van der Waals surface area contributed by atoms with Crippen LogP contribution in [0.4, 0.5) is 0 Å². The third kappa shape index (κ3) is 4.18. The van der Waals surface area contributed by atoms with E-state index in [9.17, 15) is 9.90 Å². The number of ketones is 1. The molecule has 0 saturated carbocycles. The molecule has 3 N–H and O–H groups in total. The molecule has 0 radical (unpaired) electrons. The fourth-order valence-electron chi connectivity index (χ4n) is 1.21. The maximum Gasteiger partial charge on any atom is 0.129 e. The van der Waals surface area contributed by atoms with Crippen molar-refractivity contribution >= 4 is 5.78 Å². The minimum Gasteiger partial charge on any atom is -0.391 e. The number of aliphatic hydroxyl groups excluding tert-OH is 1. The molecule has 0 aromatic carbocycles. The van der Waals surface area contributed by atoms with Gasteiger partial charge in [-0.15, -0.1) is 0 Å². The minimum atomic E-state index is -0.695. The molecule has 1 rings (SSSR count). The Bertz CT molecular complexity index is 299. The maximum absolute atomic E-state index is 10.7. The molecule has 1 aromatic rings. The highest BCUT2D eigenvalue weighted by molar-refractivity contribution is 5.75. The van der Waals surface area contributed by atoms with Crippen LogP contribution in [0.3, 0.4) is 0 Å². The third-order valence-electron chi connectivity index (χ3n) is 2.13. The van der Waals surface area contributed by atoms with Gasteiger partial charge in [-0.3, -0.25) is 0 Å². The average molecular weight is 212 g/mol. The zero-order chi connectivity index (χ0) is 11.3. The number of Topliss-reactive ketones (excluding diaryl/α,β-unsaturated/α-hetero) is 1. The quantitative estimate of drug-likeness (QED) is 0.652. The second-order valence-corrected chi connectivity index (χ2v) is 3.56. The number of carbonyl (C=O) groups excluding carboxylic acids is 1. The number of hydrogen-bond acceptors (Lipinski definition) is 5. The minimum absolute atomic E-state index is 0.0541. The Balaban J connectivity index is 2.33. The van der Waals surface area contributed by atoms with E-state index in [2.05, 4.69) is 10.2 Å². The number of aromatic nitrogens is 3. The lowest BCUT2D eigenvalue weighted by Crippen LogP contribution is -2.39. The molecule has 0 aliphatic carbocycles. The van der Waals surface area contributed by atoms with E-state index >= 15 is 0 Å². The van der Waals surface area contributed by atoms with Gasteiger partial charge in [0.25, 0.3) is 0 Å². The Morgan fingerprint density at radius 1 is 1.53 bits per heavy atom. The second kappa shape index (κ2) is 5.57. The molecule has 0 aliphatic rings. The fraction of sp³-hybridized carbons (Fsp3) is 0.667. The highest BCUT2D eigenvalue weighted by Crippen LogP contribution is 2.02. The first-order chi connectivity index (χ1) is 7.09. The largest absolute Gasteiger partial charge is 0.391 e. The molecule has 0 spiro atoms. The lowest BCUT2D eigenvalue weighted by atomic mass is 10.1. The molecular weight excluding hydrogens is 196 g/mol. The Labute approximate surface area is 88.1 Å². The number of nitrogens with two attached hydrogens (primary N) is 1. The summed E-state index contributed by atoms with van der Waals surface area (Å²) in [5.74, 6) is 0.0541. The standard InChI is InChI=1S/C9H16N4O2/c1-7(14)2-3-9(15)8(10)6-13-11-4-5-12-13/h4-5,8-9,15H,2-3,6,10H2,1H3/t8-,9-/m1/s1. The van der Waals surface area contributed by atoms with Crippen LogP contribution in [-0.4, -0.2) is 38.0 Å². The van der Waals surface area contributed by atoms with Crippen molar-refractivity contribution in [2.24, 2.45) is 5.73 Å². The maximum atomic E-state index is 10.7. The van der Waals surface area contributed by atoms with E-state index < -0.39 is 12.1 Å². The molecule has 15 heavy (non-hydrogen) atoms. The summed E-state index contributed by atoms with van der Waals surface area (Å²) in [6.45, 7) is 1.85. The summed E-state index contributed by atoms with van der Waals surface area (Å²) in [4.78, 5) is 12.1. The monoisotopic (exact) mass is 212 g/mol. The van der Waals surface area contributed by atoms with Crippen LogP contribution in [0.5, 0.6) is 0 Å². The first-order valence-corrected chi connectivity index (χ1v) is 4.86. The summed E-state index contributed by atoms with van der Waals surface area (Å²) in [6.07, 6.45) is 3.14. The summed E-state index contributed by atoms with van der Waals surface area (Å²) >= 11 is 0. The highest BCUT2D eigenvalue weighted by atomic mass is 16.3. The van der Waals surface area contributed by atoms with Gasteiger partial charge in [0.15, 0.2) is 0 Å². The first-order valence-electron chi connectivity index (χ1n) is 4.86. The zero-order valence-corrected chi connectivity index (χ0v) is 8.71.